The highest BCUT2D eigenvalue weighted by atomic mass is 16.3. The maximum Gasteiger partial charge on any atom is 0.164 e. The molecule has 0 spiro atoms. The first-order valence-electron chi connectivity index (χ1n) is 47.0. The van der Waals surface area contributed by atoms with Gasteiger partial charge in [-0.15, -0.1) is 0 Å². The van der Waals surface area contributed by atoms with Crippen LogP contribution in [0.2, 0.25) is 0 Å². The third kappa shape index (κ3) is 14.1. The standard InChI is InChI=1S/C44H33N3O.C42H29N3O.C39H31N3O/c1-27(2)44(3)37-21-13-12-19-32(37)35-26-40-36(25-38(35)44)33-23-22-30(24-39(33)48-40)42-45-41(29-16-8-5-9-17-29)46-43(47-42)34-20-11-10-18-31(34)28-14-6-4-7-15-28;1-42(2)34-21-10-9-19-31(34)32-23-24-33-36-30(20-12-22-35(36)46-38(33)37(32)42)28-17-11-18-29(25-28)41-44-39(26-13-5-3-6-14-26)43-40(45-41)27-15-7-4-8-16-27;1-38(2,3)39(4)31-18-12-11-17-27(31)29-23-34-30(22-32(29)39)28-20-19-26(21-33(28)43-34)37-41-35(24-13-7-5-8-14-24)40-36(42-37)25-15-9-6-10-16-25/h4-27H,1-3H3;3-25H,1-2H3;5-23H,1-4H3. The molecule has 0 amide bonds. The van der Waals surface area contributed by atoms with Gasteiger partial charge in [-0.05, 0) is 162 Å². The Morgan fingerprint density at radius 1 is 0.219 bits per heavy atom. The fourth-order valence-electron chi connectivity index (χ4n) is 21.2. The Morgan fingerprint density at radius 3 is 1.04 bits per heavy atom. The summed E-state index contributed by atoms with van der Waals surface area (Å²) < 4.78 is 19.9. The van der Waals surface area contributed by atoms with Crippen molar-refractivity contribution < 1.29 is 13.3 Å². The monoisotopic (exact) mass is 1770 g/mol. The highest BCUT2D eigenvalue weighted by Gasteiger charge is 2.48. The van der Waals surface area contributed by atoms with Gasteiger partial charge in [-0.2, -0.15) is 0 Å². The van der Waals surface area contributed by atoms with Gasteiger partial charge in [-0.3, -0.25) is 0 Å². The molecule has 0 saturated carbocycles. The second-order valence-corrected chi connectivity index (χ2v) is 38.3. The second kappa shape index (κ2) is 32.8. The number of furan rings is 3. The highest BCUT2D eigenvalue weighted by molar-refractivity contribution is 6.16. The predicted molar refractivity (Wildman–Crippen MR) is 557 cm³/mol. The lowest BCUT2D eigenvalue weighted by Crippen LogP contribution is -2.36. The number of aromatic nitrogens is 9. The van der Waals surface area contributed by atoms with Crippen LogP contribution in [0.1, 0.15) is 95.7 Å². The predicted octanol–water partition coefficient (Wildman–Crippen LogP) is 32.2. The van der Waals surface area contributed by atoms with Crippen molar-refractivity contribution in [1.82, 2.24) is 44.9 Å². The molecule has 12 nitrogen and oxygen atoms in total. The number of fused-ring (bicyclic) bond motifs is 19. The maximum absolute atomic E-state index is 6.74. The van der Waals surface area contributed by atoms with Crippen LogP contribution in [0.3, 0.4) is 0 Å². The zero-order valence-corrected chi connectivity index (χ0v) is 77.4. The first-order chi connectivity index (χ1) is 66.9. The molecule has 3 aliphatic carbocycles. The first kappa shape index (κ1) is 83.3. The lowest BCUT2D eigenvalue weighted by atomic mass is 9.62. The molecule has 0 bridgehead atoms. The quantitative estimate of drug-likeness (QED) is 0.114. The van der Waals surface area contributed by atoms with E-state index >= 15 is 0 Å². The summed E-state index contributed by atoms with van der Waals surface area (Å²) in [4.78, 5) is 44.6. The summed E-state index contributed by atoms with van der Waals surface area (Å²) in [7, 11) is 0. The van der Waals surface area contributed by atoms with Crippen molar-refractivity contribution in [2.45, 2.75) is 78.6 Å². The molecule has 6 aromatic heterocycles. The molecule has 23 aromatic rings. The van der Waals surface area contributed by atoms with E-state index in [0.29, 0.717) is 58.3 Å². The number of rotatable bonds is 12. The number of nitrogens with zero attached hydrogens (tertiary/aromatic N) is 9. The largest absolute Gasteiger partial charge is 0.456 e. The van der Waals surface area contributed by atoms with Gasteiger partial charge in [0.05, 0.1) is 0 Å². The summed E-state index contributed by atoms with van der Waals surface area (Å²) in [6.45, 7) is 21.0. The van der Waals surface area contributed by atoms with Crippen LogP contribution < -0.4 is 0 Å². The van der Waals surface area contributed by atoms with Gasteiger partial charge in [0.1, 0.15) is 33.5 Å². The number of hydrogen-bond donors (Lipinski definition) is 0. The molecule has 0 fully saturated rings. The Hall–Kier alpha value is -16.8. The number of benzene rings is 17. The minimum atomic E-state index is -0.162. The Morgan fingerprint density at radius 2 is 0.562 bits per heavy atom. The van der Waals surface area contributed by atoms with Crippen molar-refractivity contribution in [3.63, 3.8) is 0 Å². The van der Waals surface area contributed by atoms with Gasteiger partial charge in [0.15, 0.2) is 52.4 Å². The van der Waals surface area contributed by atoms with E-state index in [2.05, 4.69) is 293 Å². The van der Waals surface area contributed by atoms with Gasteiger partial charge < -0.3 is 13.3 Å². The molecule has 26 rings (SSSR count). The van der Waals surface area contributed by atoms with Crippen LogP contribution in [0.15, 0.2) is 408 Å². The van der Waals surface area contributed by atoms with Crippen molar-refractivity contribution in [3.8, 4) is 158 Å². The third-order valence-electron chi connectivity index (χ3n) is 29.0. The van der Waals surface area contributed by atoms with Gasteiger partial charge in [-0.1, -0.05) is 390 Å². The Bertz CT molecular complexity index is 8610. The van der Waals surface area contributed by atoms with Crippen LogP contribution in [-0.4, -0.2) is 44.9 Å². The zero-order valence-electron chi connectivity index (χ0n) is 77.4. The third-order valence-corrected chi connectivity index (χ3v) is 29.0. The zero-order chi connectivity index (χ0) is 92.6. The minimum Gasteiger partial charge on any atom is -0.456 e. The normalized spacial score (nSPS) is 14.8. The van der Waals surface area contributed by atoms with Crippen molar-refractivity contribution in [1.29, 1.82) is 0 Å². The molecule has 6 heterocycles. The van der Waals surface area contributed by atoms with Crippen LogP contribution in [-0.2, 0) is 16.2 Å². The van der Waals surface area contributed by atoms with Crippen molar-refractivity contribution in [2.75, 3.05) is 0 Å². The van der Waals surface area contributed by atoms with Gasteiger partial charge in [-0.25, -0.2) is 44.9 Å². The summed E-state index contributed by atoms with van der Waals surface area (Å²) in [5.41, 5.74) is 33.5. The van der Waals surface area contributed by atoms with Gasteiger partial charge in [0, 0.05) is 104 Å². The van der Waals surface area contributed by atoms with Gasteiger partial charge >= 0.3 is 0 Å². The molecule has 0 saturated heterocycles. The van der Waals surface area contributed by atoms with Crippen LogP contribution >= 0.6 is 0 Å². The summed E-state index contributed by atoms with van der Waals surface area (Å²) >= 11 is 0. The SMILES string of the molecule is CC(C)(C)C1(C)c2ccccc2-c2cc3oc4cc(-c5nc(-c6ccccc6)nc(-c6ccccc6)n5)ccc4c3cc21.CC(C)C1(C)c2ccccc2-c2cc3oc4cc(-c5nc(-c6ccccc6)nc(-c6ccccc6-c6ccccc6)n5)ccc4c3cc21.CC1(C)c2ccccc2-c2ccc3c(oc4cccc(-c5cccc(-c6nc(-c7ccccc7)nc(-c7ccccc7)n6)c5)c43)c21. The van der Waals surface area contributed by atoms with Crippen molar-refractivity contribution in [2.24, 2.45) is 11.3 Å². The lowest BCUT2D eigenvalue weighted by Gasteiger charge is -2.41. The average molecular weight is 1770 g/mol. The molecule has 137 heavy (non-hydrogen) atoms. The maximum atomic E-state index is 6.74. The molecular formula is C125H93N9O3. The van der Waals surface area contributed by atoms with Gasteiger partial charge in [0.25, 0.3) is 0 Å². The molecule has 656 valence electrons. The smallest absolute Gasteiger partial charge is 0.164 e. The lowest BCUT2D eigenvalue weighted by molar-refractivity contribution is 0.255. The summed E-state index contributed by atoms with van der Waals surface area (Å²) in [5.74, 6) is 6.14. The molecule has 12 heteroatoms. The molecule has 3 aliphatic rings. The van der Waals surface area contributed by atoms with Crippen LogP contribution in [0.25, 0.3) is 224 Å². The molecular weight excluding hydrogens is 1680 g/mol. The second-order valence-electron chi connectivity index (χ2n) is 38.3. The molecule has 2 unspecified atom stereocenters. The Balaban J connectivity index is 0.000000112. The van der Waals surface area contributed by atoms with E-state index in [0.717, 1.165) is 138 Å². The van der Waals surface area contributed by atoms with E-state index in [1.807, 2.05) is 164 Å². The molecule has 0 aliphatic heterocycles. The van der Waals surface area contributed by atoms with E-state index in [4.69, 9.17) is 58.1 Å². The van der Waals surface area contributed by atoms with E-state index < -0.39 is 0 Å². The Kier molecular flexibility index (Phi) is 19.9. The van der Waals surface area contributed by atoms with Crippen molar-refractivity contribution in [3.05, 3.63) is 428 Å². The summed E-state index contributed by atoms with van der Waals surface area (Å²) in [6.07, 6.45) is 0. The van der Waals surface area contributed by atoms with Crippen LogP contribution in [0.5, 0.6) is 0 Å². The highest BCUT2D eigenvalue weighted by Crippen LogP contribution is 2.60. The van der Waals surface area contributed by atoms with Crippen LogP contribution in [0.4, 0.5) is 0 Å². The van der Waals surface area contributed by atoms with Gasteiger partial charge in [0.2, 0.25) is 0 Å². The topological polar surface area (TPSA) is 155 Å². The van der Waals surface area contributed by atoms with E-state index in [1.54, 1.807) is 0 Å². The number of hydrogen-bond acceptors (Lipinski definition) is 12. The van der Waals surface area contributed by atoms with E-state index in [1.165, 1.54) is 66.8 Å². The molecule has 0 N–H and O–H groups in total. The van der Waals surface area contributed by atoms with Crippen molar-refractivity contribution >= 4 is 65.8 Å². The fourth-order valence-corrected chi connectivity index (χ4v) is 21.2. The first-order valence-corrected chi connectivity index (χ1v) is 47.0. The molecule has 17 aromatic carbocycles. The summed E-state index contributed by atoms with van der Waals surface area (Å²) in [5, 5.41) is 6.70. The fraction of sp³-hybridized carbons (Fsp3) is 0.112. The molecule has 0 radical (unpaired) electrons. The van der Waals surface area contributed by atoms with E-state index in [9.17, 15) is 0 Å². The minimum absolute atomic E-state index is 0.0281. The molecule has 2 atom stereocenters. The summed E-state index contributed by atoms with van der Waals surface area (Å²) in [6, 6.07) is 137. The Labute approximate surface area is 794 Å². The average Bonchev–Trinajstić information content (AvgIpc) is 1.53. The van der Waals surface area contributed by atoms with E-state index in [-0.39, 0.29) is 21.7 Å². The van der Waals surface area contributed by atoms with Crippen LogP contribution in [0, 0.1) is 11.3 Å².